The van der Waals surface area contributed by atoms with Gasteiger partial charge in [-0.2, -0.15) is 0 Å². The van der Waals surface area contributed by atoms with Gasteiger partial charge in [0.15, 0.2) is 6.61 Å². The molecule has 0 aliphatic carbocycles. The summed E-state index contributed by atoms with van der Waals surface area (Å²) in [6.07, 6.45) is -0.0226. The van der Waals surface area contributed by atoms with Crippen LogP contribution in [0.1, 0.15) is 19.4 Å². The highest BCUT2D eigenvalue weighted by Gasteiger charge is 2.23. The molecule has 0 saturated heterocycles. The first kappa shape index (κ1) is 18.2. The first-order chi connectivity index (χ1) is 10.7. The van der Waals surface area contributed by atoms with Gasteiger partial charge in [0.05, 0.1) is 11.1 Å². The molecule has 0 bridgehead atoms. The highest BCUT2D eigenvalue weighted by molar-refractivity contribution is 5.99. The Kier molecular flexibility index (Phi) is 6.32. The van der Waals surface area contributed by atoms with Crippen LogP contribution in [0.3, 0.4) is 0 Å². The summed E-state index contributed by atoms with van der Waals surface area (Å²) in [5.41, 5.74) is 5.31. The van der Waals surface area contributed by atoms with E-state index in [1.165, 1.54) is 0 Å². The zero-order valence-electron chi connectivity index (χ0n) is 12.9. The van der Waals surface area contributed by atoms with E-state index in [9.17, 15) is 24.6 Å². The fourth-order valence-electron chi connectivity index (χ4n) is 2.07. The molecule has 124 valence electrons. The van der Waals surface area contributed by atoms with Crippen LogP contribution in [0.25, 0.3) is 0 Å². The van der Waals surface area contributed by atoms with Crippen molar-refractivity contribution in [3.8, 4) is 5.75 Å². The molecule has 7 nitrogen and oxygen atoms in total. The Hall–Kier alpha value is -2.83. The lowest BCUT2D eigenvalue weighted by molar-refractivity contribution is -0.136. The number of benzene rings is 1. The SMILES string of the molecule is CC(C)C(C(=O)O)=C(Cc1ccc(OCC(N)=O)cc1)C(=O)O. The maximum atomic E-state index is 11.4. The number of carboxylic acid groups (broad SMARTS) is 2. The molecule has 0 unspecified atom stereocenters. The van der Waals surface area contributed by atoms with E-state index in [1.807, 2.05) is 0 Å². The number of rotatable bonds is 8. The zero-order valence-corrected chi connectivity index (χ0v) is 12.9. The molecular weight excluding hydrogens is 302 g/mol. The normalized spacial score (nSPS) is 11.8. The highest BCUT2D eigenvalue weighted by atomic mass is 16.5. The average Bonchev–Trinajstić information content (AvgIpc) is 2.44. The van der Waals surface area contributed by atoms with Crippen LogP contribution in [0.2, 0.25) is 0 Å². The summed E-state index contributed by atoms with van der Waals surface area (Å²) in [6.45, 7) is 3.01. The first-order valence-electron chi connectivity index (χ1n) is 6.92. The summed E-state index contributed by atoms with van der Waals surface area (Å²) >= 11 is 0. The van der Waals surface area contributed by atoms with Crippen molar-refractivity contribution in [2.24, 2.45) is 11.7 Å². The van der Waals surface area contributed by atoms with Gasteiger partial charge in [-0.1, -0.05) is 26.0 Å². The largest absolute Gasteiger partial charge is 0.484 e. The number of amides is 1. The Morgan fingerprint density at radius 2 is 1.65 bits per heavy atom. The zero-order chi connectivity index (χ0) is 17.6. The molecule has 1 amide bonds. The standard InChI is InChI=1S/C16H19NO6/c1-9(2)14(16(21)22)12(15(19)20)7-10-3-5-11(6-4-10)23-8-13(17)18/h3-6,9H,7-8H2,1-2H3,(H2,17,18)(H,19,20)(H,21,22). The average molecular weight is 321 g/mol. The molecule has 0 saturated carbocycles. The quantitative estimate of drug-likeness (QED) is 0.618. The number of hydrogen-bond acceptors (Lipinski definition) is 4. The number of primary amides is 1. The fraction of sp³-hybridized carbons (Fsp3) is 0.312. The molecule has 4 N–H and O–H groups in total. The molecule has 7 heteroatoms. The monoisotopic (exact) mass is 321 g/mol. The predicted molar refractivity (Wildman–Crippen MR) is 82.0 cm³/mol. The predicted octanol–water partition coefficient (Wildman–Crippen LogP) is 1.22. The summed E-state index contributed by atoms with van der Waals surface area (Å²) in [6, 6.07) is 6.35. The minimum Gasteiger partial charge on any atom is -0.484 e. The smallest absolute Gasteiger partial charge is 0.332 e. The summed E-state index contributed by atoms with van der Waals surface area (Å²) in [4.78, 5) is 33.3. The Bertz CT molecular complexity index is 630. The van der Waals surface area contributed by atoms with E-state index in [4.69, 9.17) is 10.5 Å². The van der Waals surface area contributed by atoms with Crippen LogP contribution in [-0.4, -0.2) is 34.7 Å². The van der Waals surface area contributed by atoms with Crippen LogP contribution in [0.4, 0.5) is 0 Å². The highest BCUT2D eigenvalue weighted by Crippen LogP contribution is 2.21. The van der Waals surface area contributed by atoms with E-state index in [2.05, 4.69) is 0 Å². The van der Waals surface area contributed by atoms with Crippen LogP contribution in [0.15, 0.2) is 35.4 Å². The number of carboxylic acids is 2. The molecule has 0 fully saturated rings. The number of carbonyl (C=O) groups is 3. The molecule has 0 heterocycles. The van der Waals surface area contributed by atoms with Gasteiger partial charge in [-0.25, -0.2) is 9.59 Å². The maximum absolute atomic E-state index is 11.4. The Morgan fingerprint density at radius 3 is 2.04 bits per heavy atom. The number of aliphatic carboxylic acids is 2. The van der Waals surface area contributed by atoms with Crippen LogP contribution >= 0.6 is 0 Å². The Balaban J connectivity index is 3.02. The topological polar surface area (TPSA) is 127 Å². The van der Waals surface area contributed by atoms with Gasteiger partial charge in [0.2, 0.25) is 0 Å². The van der Waals surface area contributed by atoms with Crippen molar-refractivity contribution >= 4 is 17.8 Å². The van der Waals surface area contributed by atoms with Gasteiger partial charge in [-0.15, -0.1) is 0 Å². The van der Waals surface area contributed by atoms with Crippen molar-refractivity contribution in [2.45, 2.75) is 20.3 Å². The van der Waals surface area contributed by atoms with Crippen molar-refractivity contribution in [2.75, 3.05) is 6.61 Å². The summed E-state index contributed by atoms with van der Waals surface area (Å²) < 4.78 is 5.10. The second-order valence-corrected chi connectivity index (χ2v) is 5.23. The number of nitrogens with two attached hydrogens (primary N) is 1. The second-order valence-electron chi connectivity index (χ2n) is 5.23. The number of hydrogen-bond donors (Lipinski definition) is 3. The summed E-state index contributed by atoms with van der Waals surface area (Å²) in [5, 5.41) is 18.5. The molecule has 23 heavy (non-hydrogen) atoms. The Labute approximate surface area is 133 Å². The lowest BCUT2D eigenvalue weighted by Gasteiger charge is -2.12. The fourth-order valence-corrected chi connectivity index (χ4v) is 2.07. The minimum atomic E-state index is -1.26. The Morgan fingerprint density at radius 1 is 1.09 bits per heavy atom. The molecule has 0 aromatic heterocycles. The molecule has 1 aromatic carbocycles. The van der Waals surface area contributed by atoms with Gasteiger partial charge in [-0.05, 0) is 23.6 Å². The summed E-state index contributed by atoms with van der Waals surface area (Å²) in [5.74, 6) is -3.11. The van der Waals surface area contributed by atoms with E-state index < -0.39 is 23.8 Å². The van der Waals surface area contributed by atoms with E-state index >= 15 is 0 Å². The van der Waals surface area contributed by atoms with Gasteiger partial charge in [0.1, 0.15) is 5.75 Å². The molecule has 1 aromatic rings. The molecule has 1 rings (SSSR count). The van der Waals surface area contributed by atoms with E-state index in [1.54, 1.807) is 38.1 Å². The molecule has 0 spiro atoms. The number of carbonyl (C=O) groups excluding carboxylic acids is 1. The lowest BCUT2D eigenvalue weighted by atomic mass is 9.93. The van der Waals surface area contributed by atoms with Gasteiger partial charge >= 0.3 is 11.9 Å². The van der Waals surface area contributed by atoms with Crippen molar-refractivity contribution in [1.82, 2.24) is 0 Å². The van der Waals surface area contributed by atoms with Gasteiger partial charge in [0, 0.05) is 6.42 Å². The minimum absolute atomic E-state index is 0.0226. The van der Waals surface area contributed by atoms with Gasteiger partial charge in [-0.3, -0.25) is 4.79 Å². The van der Waals surface area contributed by atoms with Crippen molar-refractivity contribution in [3.63, 3.8) is 0 Å². The third-order valence-electron chi connectivity index (χ3n) is 3.08. The first-order valence-corrected chi connectivity index (χ1v) is 6.92. The van der Waals surface area contributed by atoms with Gasteiger partial charge < -0.3 is 20.7 Å². The number of ether oxygens (including phenoxy) is 1. The van der Waals surface area contributed by atoms with Crippen LogP contribution in [-0.2, 0) is 20.8 Å². The molecule has 0 aliphatic rings. The molecule has 0 aliphatic heterocycles. The molecule has 0 radical (unpaired) electrons. The van der Waals surface area contributed by atoms with E-state index in [-0.39, 0.29) is 24.2 Å². The lowest BCUT2D eigenvalue weighted by Crippen LogP contribution is -2.20. The van der Waals surface area contributed by atoms with Crippen LogP contribution in [0, 0.1) is 5.92 Å². The van der Waals surface area contributed by atoms with E-state index in [0.29, 0.717) is 11.3 Å². The second kappa shape index (κ2) is 7.98. The van der Waals surface area contributed by atoms with Crippen molar-refractivity contribution in [3.05, 3.63) is 41.0 Å². The molecule has 0 atom stereocenters. The van der Waals surface area contributed by atoms with E-state index in [0.717, 1.165) is 0 Å². The summed E-state index contributed by atoms with van der Waals surface area (Å²) in [7, 11) is 0. The maximum Gasteiger partial charge on any atom is 0.332 e. The van der Waals surface area contributed by atoms with Crippen molar-refractivity contribution < 1.29 is 29.3 Å². The third-order valence-corrected chi connectivity index (χ3v) is 3.08. The van der Waals surface area contributed by atoms with Crippen molar-refractivity contribution in [1.29, 1.82) is 0 Å². The van der Waals surface area contributed by atoms with Crippen LogP contribution < -0.4 is 10.5 Å². The van der Waals surface area contributed by atoms with Gasteiger partial charge in [0.25, 0.3) is 5.91 Å². The van der Waals surface area contributed by atoms with Crippen LogP contribution in [0.5, 0.6) is 5.75 Å². The molecular formula is C16H19NO6. The third kappa shape index (κ3) is 5.46.